The Balaban J connectivity index is 1.58. The summed E-state index contributed by atoms with van der Waals surface area (Å²) in [5.41, 5.74) is 7.62. The first kappa shape index (κ1) is 25.0. The molecule has 0 aliphatic carbocycles. The molecule has 2 heterocycles. The Bertz CT molecular complexity index is 1810. The number of fused-ring (bicyclic) bond motifs is 3. The fraction of sp³-hybridized carbons (Fsp3) is 0.147. The molecule has 0 radical (unpaired) electrons. The molecule has 0 fully saturated rings. The molecule has 38 heavy (non-hydrogen) atoms. The molecule has 0 saturated heterocycles. The van der Waals surface area contributed by atoms with Crippen LogP contribution in [-0.2, 0) is 7.05 Å². The van der Waals surface area contributed by atoms with Crippen molar-refractivity contribution >= 4 is 49.2 Å². The van der Waals surface area contributed by atoms with Crippen LogP contribution in [-0.4, -0.2) is 13.3 Å². The molecule has 0 aliphatic rings. The van der Waals surface area contributed by atoms with E-state index in [2.05, 4.69) is 103 Å². The molecule has 0 atom stereocenters. The van der Waals surface area contributed by atoms with Crippen LogP contribution in [0.1, 0.15) is 5.56 Å². The number of aryl methyl sites for hydroxylation is 2. The van der Waals surface area contributed by atoms with Crippen LogP contribution in [0, 0.1) is 12.7 Å². The summed E-state index contributed by atoms with van der Waals surface area (Å²) in [7, 11) is 2.12. The molecule has 1 nitrogen and oxygen atoms in total. The van der Waals surface area contributed by atoms with Gasteiger partial charge in [-0.25, -0.2) is 0 Å². The second kappa shape index (κ2) is 9.48. The average molecular weight is 577 g/mol. The monoisotopic (exact) mass is 578 g/mol. The molecule has 0 bridgehead atoms. The Kier molecular flexibility index (Phi) is 6.24. The Morgan fingerprint density at radius 2 is 1.29 bits per heavy atom. The van der Waals surface area contributed by atoms with Crippen molar-refractivity contribution in [3.05, 3.63) is 109 Å². The van der Waals surface area contributed by atoms with Crippen LogP contribution in [0.25, 0.3) is 53.7 Å². The second-order valence-corrected chi connectivity index (χ2v) is 22.8. The summed E-state index contributed by atoms with van der Waals surface area (Å²) >= 11 is -0.306. The van der Waals surface area contributed by atoms with E-state index in [0.717, 1.165) is 26.8 Å². The molecule has 0 spiro atoms. The van der Waals surface area contributed by atoms with Gasteiger partial charge in [-0.2, -0.15) is 0 Å². The SMILES string of the molecule is Cc1ccc2c(sc3c(-c4ccc(-c5ccccc5)cc4)c(F)ccc32)c1-c1c[c]([Ge]([CH3])([CH3])[CH3])cc[n+]1C. The van der Waals surface area contributed by atoms with Gasteiger partial charge in [0.25, 0.3) is 0 Å². The van der Waals surface area contributed by atoms with Gasteiger partial charge in [-0.3, -0.25) is 0 Å². The van der Waals surface area contributed by atoms with Crippen LogP contribution in [0.5, 0.6) is 0 Å². The maximum absolute atomic E-state index is 15.5. The van der Waals surface area contributed by atoms with Crippen LogP contribution in [0.15, 0.2) is 97.2 Å². The van der Waals surface area contributed by atoms with Crippen molar-refractivity contribution in [3.8, 4) is 33.5 Å². The van der Waals surface area contributed by atoms with Gasteiger partial charge in [-0.1, -0.05) is 30.3 Å². The quantitative estimate of drug-likeness (QED) is 0.146. The molecule has 0 N–H and O–H groups in total. The van der Waals surface area contributed by atoms with E-state index >= 15 is 4.39 Å². The number of hydrogen-bond acceptors (Lipinski definition) is 1. The molecule has 0 amide bonds. The third kappa shape index (κ3) is 4.28. The number of thiophene rings is 1. The minimum absolute atomic E-state index is 0.178. The summed E-state index contributed by atoms with van der Waals surface area (Å²) in [5.74, 6) is 7.13. The van der Waals surface area contributed by atoms with Gasteiger partial charge in [0, 0.05) is 0 Å². The number of aromatic nitrogens is 1. The molecule has 2 aromatic heterocycles. The van der Waals surface area contributed by atoms with Crippen LogP contribution < -0.4 is 8.96 Å². The van der Waals surface area contributed by atoms with Crippen LogP contribution >= 0.6 is 11.3 Å². The van der Waals surface area contributed by atoms with Crippen molar-refractivity contribution in [3.63, 3.8) is 0 Å². The molecule has 6 aromatic rings. The zero-order valence-corrected chi connectivity index (χ0v) is 25.4. The standard InChI is InChI=1S/C34H31FGeNS/c1-22-11-16-27-28-17-18-29(35)32(25-14-12-24(13-15-25)23-9-7-6-8-10-23)34(28)38-33(27)31(22)30-21-26(36(2,3)4)19-20-37(30)5/h6-21H,1-5H3/q+1. The third-order valence-corrected chi connectivity index (χ3v) is 13.1. The van der Waals surface area contributed by atoms with Gasteiger partial charge < -0.3 is 0 Å². The maximum atomic E-state index is 15.5. The van der Waals surface area contributed by atoms with Crippen molar-refractivity contribution < 1.29 is 8.96 Å². The number of benzene rings is 4. The van der Waals surface area contributed by atoms with Crippen molar-refractivity contribution in [2.24, 2.45) is 7.05 Å². The second-order valence-electron chi connectivity index (χ2n) is 11.1. The average Bonchev–Trinajstić information content (AvgIpc) is 3.27. The van der Waals surface area contributed by atoms with E-state index in [-0.39, 0.29) is 5.82 Å². The predicted octanol–water partition coefficient (Wildman–Crippen LogP) is 8.87. The third-order valence-electron chi connectivity index (χ3n) is 7.52. The predicted molar refractivity (Wildman–Crippen MR) is 164 cm³/mol. The summed E-state index contributed by atoms with van der Waals surface area (Å²) in [6, 6.07) is 31.3. The van der Waals surface area contributed by atoms with Crippen molar-refractivity contribution in [1.29, 1.82) is 0 Å². The van der Waals surface area contributed by atoms with Crippen molar-refractivity contribution in [2.45, 2.75) is 24.2 Å². The molecular weight excluding hydrogens is 546 g/mol. The molecule has 0 aliphatic heterocycles. The summed E-state index contributed by atoms with van der Waals surface area (Å²) < 4.78 is 21.5. The van der Waals surface area contributed by atoms with E-state index in [1.54, 1.807) is 17.4 Å². The van der Waals surface area contributed by atoms with Crippen LogP contribution in [0.4, 0.5) is 4.39 Å². The van der Waals surface area contributed by atoms with E-state index < -0.39 is 13.3 Å². The van der Waals surface area contributed by atoms with E-state index in [4.69, 9.17) is 0 Å². The molecule has 4 heteroatoms. The number of hydrogen-bond donors (Lipinski definition) is 0. The number of rotatable bonds is 4. The van der Waals surface area contributed by atoms with E-state index in [1.165, 1.54) is 31.3 Å². The Labute approximate surface area is 230 Å². The van der Waals surface area contributed by atoms with Crippen LogP contribution in [0.3, 0.4) is 0 Å². The number of nitrogens with zero attached hydrogens (tertiary/aromatic N) is 1. The van der Waals surface area contributed by atoms with Crippen molar-refractivity contribution in [1.82, 2.24) is 0 Å². The fourth-order valence-corrected chi connectivity index (χ4v) is 9.18. The Morgan fingerprint density at radius 1 is 0.684 bits per heavy atom. The number of pyridine rings is 1. The molecular formula is C34H31FGeNS+. The molecule has 0 saturated carbocycles. The normalized spacial score (nSPS) is 11.9. The molecule has 6 rings (SSSR count). The van der Waals surface area contributed by atoms with Gasteiger partial charge in [0.2, 0.25) is 0 Å². The summed E-state index contributed by atoms with van der Waals surface area (Å²) in [6.45, 7) is 2.19. The van der Waals surface area contributed by atoms with E-state index in [9.17, 15) is 0 Å². The van der Waals surface area contributed by atoms with Crippen LogP contribution in [0.2, 0.25) is 17.3 Å². The first-order valence-electron chi connectivity index (χ1n) is 13.0. The minimum atomic E-state index is -2.02. The zero-order chi connectivity index (χ0) is 26.6. The van der Waals surface area contributed by atoms with Gasteiger partial charge in [-0.05, 0) is 5.56 Å². The van der Waals surface area contributed by atoms with Crippen molar-refractivity contribution in [2.75, 3.05) is 0 Å². The van der Waals surface area contributed by atoms with Gasteiger partial charge in [0.15, 0.2) is 0 Å². The van der Waals surface area contributed by atoms with E-state index in [0.29, 0.717) is 5.56 Å². The molecule has 0 unspecified atom stereocenters. The molecule has 4 aromatic carbocycles. The first-order valence-corrected chi connectivity index (χ1v) is 21.2. The fourth-order valence-electron chi connectivity index (χ4n) is 5.31. The van der Waals surface area contributed by atoms with E-state index in [1.807, 2.05) is 24.3 Å². The van der Waals surface area contributed by atoms with Gasteiger partial charge in [0.1, 0.15) is 0 Å². The first-order chi connectivity index (χ1) is 18.2. The number of halogens is 1. The molecule has 188 valence electrons. The van der Waals surface area contributed by atoms with Gasteiger partial charge >= 0.3 is 196 Å². The summed E-state index contributed by atoms with van der Waals surface area (Å²) in [5, 5.41) is 2.30. The Morgan fingerprint density at radius 3 is 1.97 bits per heavy atom. The Hall–Kier alpha value is -3.28. The summed E-state index contributed by atoms with van der Waals surface area (Å²) in [4.78, 5) is 0. The van der Waals surface area contributed by atoms with Gasteiger partial charge in [-0.15, -0.1) is 0 Å². The zero-order valence-electron chi connectivity index (χ0n) is 22.5. The summed E-state index contributed by atoms with van der Waals surface area (Å²) in [6.07, 6.45) is 2.20. The topological polar surface area (TPSA) is 3.88 Å². The van der Waals surface area contributed by atoms with Gasteiger partial charge in [0.05, 0.1) is 0 Å².